The zero-order valence-corrected chi connectivity index (χ0v) is 12.1. The van der Waals surface area contributed by atoms with Gasteiger partial charge in [0.2, 0.25) is 0 Å². The summed E-state index contributed by atoms with van der Waals surface area (Å²) in [6, 6.07) is 15.4. The number of allylic oxidation sites excluding steroid dienone is 1. The van der Waals surface area contributed by atoms with Gasteiger partial charge in [-0.2, -0.15) is 0 Å². The van der Waals surface area contributed by atoms with Gasteiger partial charge in [-0.1, -0.05) is 61.2 Å². The molecule has 0 aliphatic heterocycles. The van der Waals surface area contributed by atoms with Gasteiger partial charge in [0.05, 0.1) is 0 Å². The fourth-order valence-corrected chi connectivity index (χ4v) is 3.03. The average molecular weight is 260 g/mol. The lowest BCUT2D eigenvalue weighted by atomic mass is 9.93. The van der Waals surface area contributed by atoms with E-state index in [1.54, 1.807) is 0 Å². The summed E-state index contributed by atoms with van der Waals surface area (Å²) in [6.45, 7) is 10.4. The highest BCUT2D eigenvalue weighted by atomic mass is 14.2. The highest BCUT2D eigenvalue weighted by molar-refractivity contribution is 5.82. The van der Waals surface area contributed by atoms with E-state index in [-0.39, 0.29) is 0 Å². The SMILES string of the molecule is C=C(C)Cc1ccc2c(c1)C(=C)c1ccccc1CC2. The van der Waals surface area contributed by atoms with Gasteiger partial charge >= 0.3 is 0 Å². The van der Waals surface area contributed by atoms with Gasteiger partial charge in [-0.15, -0.1) is 0 Å². The molecule has 0 radical (unpaired) electrons. The number of aryl methyl sites for hydroxylation is 2. The Morgan fingerprint density at radius 1 is 1.00 bits per heavy atom. The van der Waals surface area contributed by atoms with E-state index >= 15 is 0 Å². The molecule has 20 heavy (non-hydrogen) atoms. The smallest absolute Gasteiger partial charge is 0.00724 e. The van der Waals surface area contributed by atoms with Crippen molar-refractivity contribution in [2.24, 2.45) is 0 Å². The lowest BCUT2D eigenvalue weighted by Crippen LogP contribution is -1.95. The molecule has 0 saturated carbocycles. The molecule has 0 atom stereocenters. The molecule has 0 aromatic heterocycles. The van der Waals surface area contributed by atoms with Crippen molar-refractivity contribution in [2.75, 3.05) is 0 Å². The van der Waals surface area contributed by atoms with Gasteiger partial charge in [-0.05, 0) is 59.6 Å². The number of fused-ring (bicyclic) bond motifs is 2. The van der Waals surface area contributed by atoms with Gasteiger partial charge in [-0.3, -0.25) is 0 Å². The first-order valence-corrected chi connectivity index (χ1v) is 7.19. The van der Waals surface area contributed by atoms with E-state index in [4.69, 9.17) is 0 Å². The van der Waals surface area contributed by atoms with E-state index in [0.29, 0.717) is 0 Å². The first-order valence-electron chi connectivity index (χ1n) is 7.19. The third kappa shape index (κ3) is 2.34. The highest BCUT2D eigenvalue weighted by Gasteiger charge is 2.16. The second-order valence-electron chi connectivity index (χ2n) is 5.76. The third-order valence-corrected chi connectivity index (χ3v) is 4.01. The lowest BCUT2D eigenvalue weighted by Gasteiger charge is -2.12. The summed E-state index contributed by atoms with van der Waals surface area (Å²) >= 11 is 0. The molecule has 0 N–H and O–H groups in total. The van der Waals surface area contributed by atoms with Gasteiger partial charge in [0.1, 0.15) is 0 Å². The zero-order valence-electron chi connectivity index (χ0n) is 12.1. The van der Waals surface area contributed by atoms with Crippen molar-refractivity contribution in [2.45, 2.75) is 26.2 Å². The number of hydrogen-bond donors (Lipinski definition) is 0. The molecule has 2 aromatic carbocycles. The van der Waals surface area contributed by atoms with E-state index in [2.05, 4.69) is 62.5 Å². The van der Waals surface area contributed by atoms with Gasteiger partial charge in [0.25, 0.3) is 0 Å². The van der Waals surface area contributed by atoms with Crippen LogP contribution in [0.5, 0.6) is 0 Å². The van der Waals surface area contributed by atoms with Crippen molar-refractivity contribution in [3.63, 3.8) is 0 Å². The molecule has 0 saturated heterocycles. The minimum Gasteiger partial charge on any atom is -0.0998 e. The normalized spacial score (nSPS) is 13.3. The van der Waals surface area contributed by atoms with Crippen LogP contribution in [0.25, 0.3) is 5.57 Å². The third-order valence-electron chi connectivity index (χ3n) is 4.01. The molecule has 0 amide bonds. The summed E-state index contributed by atoms with van der Waals surface area (Å²) in [5.74, 6) is 0. The van der Waals surface area contributed by atoms with Crippen molar-refractivity contribution >= 4 is 5.57 Å². The minimum absolute atomic E-state index is 0.947. The Morgan fingerprint density at radius 3 is 2.45 bits per heavy atom. The van der Waals surface area contributed by atoms with Crippen molar-refractivity contribution < 1.29 is 0 Å². The largest absolute Gasteiger partial charge is 0.0998 e. The van der Waals surface area contributed by atoms with Crippen molar-refractivity contribution in [3.05, 3.63) is 89.0 Å². The summed E-state index contributed by atoms with van der Waals surface area (Å²) < 4.78 is 0. The maximum Gasteiger partial charge on any atom is -0.00724 e. The van der Waals surface area contributed by atoms with Crippen LogP contribution >= 0.6 is 0 Å². The van der Waals surface area contributed by atoms with Crippen LogP contribution in [0.3, 0.4) is 0 Å². The molecule has 1 aliphatic rings. The predicted molar refractivity (Wildman–Crippen MR) is 86.9 cm³/mol. The Kier molecular flexibility index (Phi) is 3.31. The maximum atomic E-state index is 4.35. The number of hydrogen-bond acceptors (Lipinski definition) is 0. The highest BCUT2D eigenvalue weighted by Crippen LogP contribution is 2.33. The van der Waals surface area contributed by atoms with Crippen LogP contribution in [0.15, 0.2) is 61.2 Å². The second-order valence-corrected chi connectivity index (χ2v) is 5.76. The fraction of sp³-hybridized carbons (Fsp3) is 0.200. The van der Waals surface area contributed by atoms with Gasteiger partial charge in [-0.25, -0.2) is 0 Å². The molecule has 0 heterocycles. The van der Waals surface area contributed by atoms with Crippen LogP contribution < -0.4 is 0 Å². The van der Waals surface area contributed by atoms with Crippen LogP contribution in [-0.4, -0.2) is 0 Å². The molecule has 0 nitrogen and oxygen atoms in total. The second kappa shape index (κ2) is 5.13. The molecule has 0 fully saturated rings. The van der Waals surface area contributed by atoms with E-state index in [1.807, 2.05) is 0 Å². The number of rotatable bonds is 2. The molecule has 0 heteroatoms. The van der Waals surface area contributed by atoms with Crippen LogP contribution in [-0.2, 0) is 19.3 Å². The van der Waals surface area contributed by atoms with E-state index < -0.39 is 0 Å². The maximum absolute atomic E-state index is 4.35. The molecule has 3 rings (SSSR count). The number of benzene rings is 2. The first kappa shape index (κ1) is 12.9. The van der Waals surface area contributed by atoms with Gasteiger partial charge in [0.15, 0.2) is 0 Å². The Bertz CT molecular complexity index is 689. The van der Waals surface area contributed by atoms with Crippen LogP contribution in [0.4, 0.5) is 0 Å². The quantitative estimate of drug-likeness (QED) is 0.669. The Morgan fingerprint density at radius 2 is 1.70 bits per heavy atom. The first-order chi connectivity index (χ1) is 9.65. The monoisotopic (exact) mass is 260 g/mol. The molecule has 0 spiro atoms. The summed E-state index contributed by atoms with van der Waals surface area (Å²) in [5.41, 5.74) is 9.14. The predicted octanol–water partition coefficient (Wildman–Crippen LogP) is 4.97. The van der Waals surface area contributed by atoms with E-state index in [9.17, 15) is 0 Å². The van der Waals surface area contributed by atoms with E-state index in [1.165, 1.54) is 33.4 Å². The van der Waals surface area contributed by atoms with E-state index in [0.717, 1.165) is 24.8 Å². The fourth-order valence-electron chi connectivity index (χ4n) is 3.03. The molecular weight excluding hydrogens is 240 g/mol. The summed E-state index contributed by atoms with van der Waals surface area (Å²) in [5, 5.41) is 0. The Balaban J connectivity index is 2.08. The molecule has 2 aromatic rings. The van der Waals surface area contributed by atoms with Gasteiger partial charge in [0, 0.05) is 0 Å². The molecule has 0 bridgehead atoms. The average Bonchev–Trinajstić information content (AvgIpc) is 2.57. The van der Waals surface area contributed by atoms with Crippen molar-refractivity contribution in [3.8, 4) is 0 Å². The standard InChI is InChI=1S/C20H20/c1-14(2)12-16-8-9-18-11-10-17-6-4-5-7-19(17)15(3)20(18)13-16/h4-9,13H,1,3,10-12H2,2H3. The summed E-state index contributed by atoms with van der Waals surface area (Å²) in [7, 11) is 0. The van der Waals surface area contributed by atoms with Crippen molar-refractivity contribution in [1.82, 2.24) is 0 Å². The molecular formula is C20H20. The van der Waals surface area contributed by atoms with Crippen molar-refractivity contribution in [1.29, 1.82) is 0 Å². The molecule has 100 valence electrons. The summed E-state index contributed by atoms with van der Waals surface area (Å²) in [4.78, 5) is 0. The van der Waals surface area contributed by atoms with Crippen LogP contribution in [0.1, 0.15) is 34.7 Å². The van der Waals surface area contributed by atoms with Crippen LogP contribution in [0, 0.1) is 0 Å². The lowest BCUT2D eigenvalue weighted by molar-refractivity contribution is 0.962. The summed E-state index contributed by atoms with van der Waals surface area (Å²) in [6.07, 6.45) is 3.14. The minimum atomic E-state index is 0.947. The Hall–Kier alpha value is -2.08. The topological polar surface area (TPSA) is 0 Å². The Labute approximate surface area is 121 Å². The van der Waals surface area contributed by atoms with Gasteiger partial charge < -0.3 is 0 Å². The molecule has 1 aliphatic carbocycles. The molecule has 0 unspecified atom stereocenters. The van der Waals surface area contributed by atoms with Crippen LogP contribution in [0.2, 0.25) is 0 Å². The zero-order chi connectivity index (χ0) is 14.1.